The Morgan fingerprint density at radius 3 is 3.00 bits per heavy atom. The Bertz CT molecular complexity index is 683. The number of hydrogen-bond acceptors (Lipinski definition) is 4. The normalized spacial score (nSPS) is 18.5. The molecule has 2 heterocycles. The van der Waals surface area contributed by atoms with Crippen molar-refractivity contribution >= 4 is 11.6 Å². The monoisotopic (exact) mass is 289 g/mol. The maximum Gasteiger partial charge on any atom is 0.232 e. The zero-order valence-electron chi connectivity index (χ0n) is 12.0. The molecular formula is C15H16FN3O2. The van der Waals surface area contributed by atoms with Crippen molar-refractivity contribution in [2.75, 3.05) is 11.4 Å². The molecule has 1 atom stereocenters. The summed E-state index contributed by atoms with van der Waals surface area (Å²) in [7, 11) is 0. The quantitative estimate of drug-likeness (QED) is 0.871. The third-order valence-electron chi connectivity index (χ3n) is 3.74. The number of benzene rings is 1. The molecule has 0 N–H and O–H groups in total. The molecule has 5 nitrogen and oxygen atoms in total. The molecule has 1 aliphatic heterocycles. The van der Waals surface area contributed by atoms with Crippen LogP contribution in [0.15, 0.2) is 22.7 Å². The van der Waals surface area contributed by atoms with Crippen molar-refractivity contribution in [1.82, 2.24) is 10.1 Å². The molecule has 1 aromatic heterocycles. The number of anilines is 1. The van der Waals surface area contributed by atoms with Crippen molar-refractivity contribution < 1.29 is 13.7 Å². The van der Waals surface area contributed by atoms with Gasteiger partial charge >= 0.3 is 0 Å². The summed E-state index contributed by atoms with van der Waals surface area (Å²) in [5, 5.41) is 3.86. The smallest absolute Gasteiger partial charge is 0.232 e. The molecule has 1 amide bonds. The lowest BCUT2D eigenvalue weighted by Crippen LogP contribution is -2.25. The fourth-order valence-electron chi connectivity index (χ4n) is 2.56. The van der Waals surface area contributed by atoms with E-state index < -0.39 is 0 Å². The van der Waals surface area contributed by atoms with Gasteiger partial charge in [0.2, 0.25) is 11.8 Å². The van der Waals surface area contributed by atoms with Gasteiger partial charge in [0.25, 0.3) is 0 Å². The average Bonchev–Trinajstić information content (AvgIpc) is 3.08. The predicted molar refractivity (Wildman–Crippen MR) is 74.5 cm³/mol. The van der Waals surface area contributed by atoms with E-state index in [1.807, 2.05) is 13.8 Å². The van der Waals surface area contributed by atoms with E-state index in [4.69, 9.17) is 4.52 Å². The number of aryl methyl sites for hydroxylation is 2. The number of amides is 1. The minimum atomic E-state index is -0.349. The molecule has 1 aliphatic rings. The second-order valence-electron chi connectivity index (χ2n) is 5.24. The third kappa shape index (κ3) is 2.53. The second kappa shape index (κ2) is 5.27. The number of nitrogens with zero attached hydrogens (tertiary/aromatic N) is 3. The van der Waals surface area contributed by atoms with Crippen LogP contribution in [0.5, 0.6) is 0 Å². The molecule has 21 heavy (non-hydrogen) atoms. The SMILES string of the molecule is CCc1noc(C2CC(=O)N(c3cc(F)ccc3C)C2)n1. The summed E-state index contributed by atoms with van der Waals surface area (Å²) >= 11 is 0. The van der Waals surface area contributed by atoms with Crippen LogP contribution in [0, 0.1) is 12.7 Å². The van der Waals surface area contributed by atoms with E-state index in [1.165, 1.54) is 12.1 Å². The van der Waals surface area contributed by atoms with Gasteiger partial charge in [-0.05, 0) is 24.6 Å². The molecular weight excluding hydrogens is 273 g/mol. The van der Waals surface area contributed by atoms with Crippen LogP contribution >= 0.6 is 0 Å². The Labute approximate surface area is 121 Å². The fraction of sp³-hybridized carbons (Fsp3) is 0.400. The van der Waals surface area contributed by atoms with Gasteiger partial charge in [0, 0.05) is 25.1 Å². The van der Waals surface area contributed by atoms with Crippen LogP contribution < -0.4 is 4.90 Å². The molecule has 2 aromatic rings. The van der Waals surface area contributed by atoms with Gasteiger partial charge in [-0.15, -0.1) is 0 Å². The van der Waals surface area contributed by atoms with E-state index >= 15 is 0 Å². The van der Waals surface area contributed by atoms with Gasteiger partial charge in [-0.2, -0.15) is 4.98 Å². The first kappa shape index (κ1) is 13.7. The first-order chi connectivity index (χ1) is 10.1. The summed E-state index contributed by atoms with van der Waals surface area (Å²) in [6, 6.07) is 4.45. The van der Waals surface area contributed by atoms with Crippen molar-refractivity contribution in [2.24, 2.45) is 0 Å². The number of hydrogen-bond donors (Lipinski definition) is 0. The highest BCUT2D eigenvalue weighted by molar-refractivity contribution is 5.97. The molecule has 0 aliphatic carbocycles. The molecule has 1 aromatic carbocycles. The van der Waals surface area contributed by atoms with Gasteiger partial charge in [0.05, 0.1) is 5.92 Å². The zero-order chi connectivity index (χ0) is 15.0. The first-order valence-electron chi connectivity index (χ1n) is 6.97. The van der Waals surface area contributed by atoms with Crippen molar-refractivity contribution in [3.8, 4) is 0 Å². The first-order valence-corrected chi connectivity index (χ1v) is 6.97. The number of rotatable bonds is 3. The Hall–Kier alpha value is -2.24. The summed E-state index contributed by atoms with van der Waals surface area (Å²) in [5.41, 5.74) is 1.47. The van der Waals surface area contributed by atoms with Crippen molar-refractivity contribution in [2.45, 2.75) is 32.6 Å². The second-order valence-corrected chi connectivity index (χ2v) is 5.24. The Balaban J connectivity index is 1.86. The van der Waals surface area contributed by atoms with E-state index in [9.17, 15) is 9.18 Å². The minimum absolute atomic E-state index is 0.0510. The molecule has 0 spiro atoms. The Morgan fingerprint density at radius 2 is 2.29 bits per heavy atom. The maximum atomic E-state index is 13.4. The molecule has 110 valence electrons. The van der Waals surface area contributed by atoms with E-state index in [0.717, 1.165) is 5.56 Å². The molecule has 0 radical (unpaired) electrons. The van der Waals surface area contributed by atoms with Crippen LogP contribution in [-0.2, 0) is 11.2 Å². The van der Waals surface area contributed by atoms with Crippen LogP contribution in [0.25, 0.3) is 0 Å². The fourth-order valence-corrected chi connectivity index (χ4v) is 2.56. The van der Waals surface area contributed by atoms with Gasteiger partial charge in [-0.25, -0.2) is 4.39 Å². The van der Waals surface area contributed by atoms with Gasteiger partial charge in [0.1, 0.15) is 5.82 Å². The Morgan fingerprint density at radius 1 is 1.48 bits per heavy atom. The lowest BCUT2D eigenvalue weighted by molar-refractivity contribution is -0.117. The highest BCUT2D eigenvalue weighted by atomic mass is 19.1. The van der Waals surface area contributed by atoms with E-state index in [0.29, 0.717) is 36.8 Å². The lowest BCUT2D eigenvalue weighted by atomic mass is 10.1. The summed E-state index contributed by atoms with van der Waals surface area (Å²) in [5.74, 6) is 0.588. The molecule has 0 saturated carbocycles. The number of aromatic nitrogens is 2. The largest absolute Gasteiger partial charge is 0.339 e. The highest BCUT2D eigenvalue weighted by Gasteiger charge is 2.35. The maximum absolute atomic E-state index is 13.4. The van der Waals surface area contributed by atoms with Crippen LogP contribution in [-0.4, -0.2) is 22.6 Å². The number of halogens is 1. The van der Waals surface area contributed by atoms with Gasteiger partial charge < -0.3 is 9.42 Å². The molecule has 1 unspecified atom stereocenters. The topological polar surface area (TPSA) is 59.2 Å². The summed E-state index contributed by atoms with van der Waals surface area (Å²) < 4.78 is 18.6. The molecule has 0 bridgehead atoms. The van der Waals surface area contributed by atoms with Gasteiger partial charge in [-0.1, -0.05) is 18.1 Å². The molecule has 1 fully saturated rings. The zero-order valence-corrected chi connectivity index (χ0v) is 12.0. The van der Waals surface area contributed by atoms with Crippen molar-refractivity contribution in [1.29, 1.82) is 0 Å². The van der Waals surface area contributed by atoms with Gasteiger partial charge in [0.15, 0.2) is 5.82 Å². The minimum Gasteiger partial charge on any atom is -0.339 e. The van der Waals surface area contributed by atoms with E-state index in [1.54, 1.807) is 11.0 Å². The lowest BCUT2D eigenvalue weighted by Gasteiger charge is -2.18. The van der Waals surface area contributed by atoms with Crippen molar-refractivity contribution in [3.05, 3.63) is 41.3 Å². The Kier molecular flexibility index (Phi) is 3.45. The molecule has 3 rings (SSSR count). The molecule has 6 heteroatoms. The van der Waals surface area contributed by atoms with Crippen LogP contribution in [0.1, 0.15) is 36.5 Å². The van der Waals surface area contributed by atoms with E-state index in [-0.39, 0.29) is 17.6 Å². The molecule has 1 saturated heterocycles. The standard InChI is InChI=1S/C15H16FN3O2/c1-3-13-17-15(21-18-13)10-6-14(20)19(8-10)12-7-11(16)5-4-9(12)2/h4-5,7,10H,3,6,8H2,1-2H3. The summed E-state index contributed by atoms with van der Waals surface area (Å²) in [6.07, 6.45) is 0.998. The van der Waals surface area contributed by atoms with Crippen LogP contribution in [0.4, 0.5) is 10.1 Å². The predicted octanol–water partition coefficient (Wildman–Crippen LogP) is 2.60. The number of carbonyl (C=O) groups is 1. The van der Waals surface area contributed by atoms with Crippen LogP contribution in [0.3, 0.4) is 0 Å². The third-order valence-corrected chi connectivity index (χ3v) is 3.74. The highest BCUT2D eigenvalue weighted by Crippen LogP contribution is 2.32. The number of carbonyl (C=O) groups excluding carboxylic acids is 1. The summed E-state index contributed by atoms with van der Waals surface area (Å²) in [4.78, 5) is 18.1. The van der Waals surface area contributed by atoms with Crippen molar-refractivity contribution in [3.63, 3.8) is 0 Å². The van der Waals surface area contributed by atoms with E-state index in [2.05, 4.69) is 10.1 Å². The van der Waals surface area contributed by atoms with Gasteiger partial charge in [-0.3, -0.25) is 4.79 Å². The summed E-state index contributed by atoms with van der Waals surface area (Å²) in [6.45, 7) is 4.24. The van der Waals surface area contributed by atoms with Crippen LogP contribution in [0.2, 0.25) is 0 Å². The average molecular weight is 289 g/mol.